The van der Waals surface area contributed by atoms with E-state index >= 15 is 0 Å². The molecule has 0 N–H and O–H groups in total. The predicted molar refractivity (Wildman–Crippen MR) is 54.3 cm³/mol. The van der Waals surface area contributed by atoms with Crippen LogP contribution in [0.25, 0.3) is 0 Å². The summed E-state index contributed by atoms with van der Waals surface area (Å²) in [5.74, 6) is -4.96. The number of benzene rings is 1. The van der Waals surface area contributed by atoms with Gasteiger partial charge in [0, 0.05) is 0 Å². The molecule has 1 aromatic rings. The van der Waals surface area contributed by atoms with Gasteiger partial charge in [0.05, 0.1) is 0 Å². The summed E-state index contributed by atoms with van der Waals surface area (Å²) < 4.78 is 81.5. The third-order valence-corrected chi connectivity index (χ3v) is 1.99. The molecule has 0 fully saturated rings. The van der Waals surface area contributed by atoms with Crippen molar-refractivity contribution in [2.45, 2.75) is 18.3 Å². The van der Waals surface area contributed by atoms with Gasteiger partial charge in [-0.2, -0.15) is 22.0 Å². The van der Waals surface area contributed by atoms with Crippen molar-refractivity contribution < 1.29 is 40.6 Å². The fourth-order valence-electron chi connectivity index (χ4n) is 1.08. The molecule has 0 spiro atoms. The molecule has 0 bridgehead atoms. The van der Waals surface area contributed by atoms with Crippen LogP contribution in [-0.2, 0) is 4.74 Å². The second-order valence-corrected chi connectivity index (χ2v) is 3.62. The van der Waals surface area contributed by atoms with Crippen molar-refractivity contribution in [3.8, 4) is 5.75 Å². The van der Waals surface area contributed by atoms with Gasteiger partial charge in [0.25, 0.3) is 6.17 Å². The fourth-order valence-corrected chi connectivity index (χ4v) is 1.08. The Morgan fingerprint density at radius 2 is 1.65 bits per heavy atom. The number of ether oxygens (including phenoxy) is 2. The molecule has 9 heteroatoms. The van der Waals surface area contributed by atoms with Crippen LogP contribution in [-0.4, -0.2) is 31.0 Å². The lowest BCUT2D eigenvalue weighted by Crippen LogP contribution is -2.45. The van der Waals surface area contributed by atoms with Crippen molar-refractivity contribution >= 4 is 6.16 Å². The molecule has 0 aliphatic carbocycles. The minimum atomic E-state index is -5.75. The molecule has 3 nitrogen and oxygen atoms in total. The van der Waals surface area contributed by atoms with Crippen LogP contribution in [0.2, 0.25) is 0 Å². The first-order valence-corrected chi connectivity index (χ1v) is 5.11. The van der Waals surface area contributed by atoms with Crippen LogP contribution in [0.3, 0.4) is 0 Å². The van der Waals surface area contributed by atoms with Gasteiger partial charge in [-0.1, -0.05) is 18.2 Å². The third-order valence-electron chi connectivity index (χ3n) is 1.99. The van der Waals surface area contributed by atoms with Crippen molar-refractivity contribution in [3.05, 3.63) is 30.3 Å². The molecule has 0 saturated carbocycles. The Bertz CT molecular complexity index is 445. The molecular formula is C11H8F6O3. The lowest BCUT2D eigenvalue weighted by atomic mass is 10.2. The van der Waals surface area contributed by atoms with Gasteiger partial charge in [0.1, 0.15) is 5.75 Å². The molecule has 0 aromatic heterocycles. The van der Waals surface area contributed by atoms with Gasteiger partial charge in [-0.05, 0) is 12.1 Å². The van der Waals surface area contributed by atoms with Crippen molar-refractivity contribution in [2.75, 3.05) is 6.61 Å². The first-order chi connectivity index (χ1) is 9.13. The Labute approximate surface area is 109 Å². The van der Waals surface area contributed by atoms with E-state index in [1.807, 2.05) is 0 Å². The molecule has 1 rings (SSSR count). The maximum absolute atomic E-state index is 12.8. The number of alkyl halides is 6. The molecule has 0 aliphatic rings. The Kier molecular flexibility index (Phi) is 4.85. The molecule has 1 aromatic carbocycles. The summed E-state index contributed by atoms with van der Waals surface area (Å²) in [6, 6.07) is 7.06. The van der Waals surface area contributed by atoms with Crippen LogP contribution in [0.1, 0.15) is 0 Å². The average Bonchev–Trinajstić information content (AvgIpc) is 2.36. The zero-order chi connectivity index (χ0) is 15.4. The number of halogens is 6. The molecule has 0 heterocycles. The molecule has 1 unspecified atom stereocenters. The zero-order valence-electron chi connectivity index (χ0n) is 9.66. The van der Waals surface area contributed by atoms with Crippen molar-refractivity contribution in [1.82, 2.24) is 0 Å². The summed E-state index contributed by atoms with van der Waals surface area (Å²) in [4.78, 5) is 10.9. The third kappa shape index (κ3) is 4.63. The number of carbonyl (C=O) groups is 1. The summed E-state index contributed by atoms with van der Waals surface area (Å²) in [7, 11) is 0. The standard InChI is InChI=1S/C11H8F6O3/c12-8(11(15,16)17)10(13,14)6-19-9(18)20-7-4-2-1-3-5-7/h1-5,8H,6H2. The highest BCUT2D eigenvalue weighted by Gasteiger charge is 2.57. The van der Waals surface area contributed by atoms with E-state index in [9.17, 15) is 31.1 Å². The number of para-hydroxylation sites is 1. The summed E-state index contributed by atoms with van der Waals surface area (Å²) in [5, 5.41) is 0. The summed E-state index contributed by atoms with van der Waals surface area (Å²) in [6.07, 6.45) is -11.8. The molecule has 0 aliphatic heterocycles. The Morgan fingerprint density at radius 3 is 2.15 bits per heavy atom. The highest BCUT2D eigenvalue weighted by atomic mass is 19.4. The van der Waals surface area contributed by atoms with Crippen molar-refractivity contribution in [3.63, 3.8) is 0 Å². The van der Waals surface area contributed by atoms with Crippen LogP contribution in [0.5, 0.6) is 5.75 Å². The monoisotopic (exact) mass is 302 g/mol. The van der Waals surface area contributed by atoms with Crippen LogP contribution in [0.15, 0.2) is 30.3 Å². The molecule has 112 valence electrons. The van der Waals surface area contributed by atoms with Gasteiger partial charge in [0.2, 0.25) is 0 Å². The lowest BCUT2D eigenvalue weighted by molar-refractivity contribution is -0.252. The van der Waals surface area contributed by atoms with E-state index in [2.05, 4.69) is 9.47 Å². The molecule has 0 amide bonds. The molecule has 1 atom stereocenters. The molecule has 0 saturated heterocycles. The van der Waals surface area contributed by atoms with Crippen LogP contribution in [0, 0.1) is 0 Å². The molecule has 20 heavy (non-hydrogen) atoms. The Morgan fingerprint density at radius 1 is 1.10 bits per heavy atom. The topological polar surface area (TPSA) is 35.5 Å². The van der Waals surface area contributed by atoms with Crippen LogP contribution in [0.4, 0.5) is 31.1 Å². The Hall–Kier alpha value is -1.93. The van der Waals surface area contributed by atoms with Gasteiger partial charge in [0.15, 0.2) is 6.61 Å². The second-order valence-electron chi connectivity index (χ2n) is 3.62. The van der Waals surface area contributed by atoms with E-state index in [1.54, 1.807) is 6.07 Å². The second kappa shape index (κ2) is 6.02. The minimum absolute atomic E-state index is 0.0616. The number of rotatable bonds is 4. The largest absolute Gasteiger partial charge is 0.514 e. The minimum Gasteiger partial charge on any atom is -0.427 e. The van der Waals surface area contributed by atoms with Gasteiger partial charge >= 0.3 is 18.3 Å². The maximum Gasteiger partial charge on any atom is 0.514 e. The first kappa shape index (κ1) is 16.1. The van der Waals surface area contributed by atoms with Gasteiger partial charge in [-0.3, -0.25) is 0 Å². The normalized spacial score (nSPS) is 13.7. The van der Waals surface area contributed by atoms with Crippen LogP contribution < -0.4 is 4.74 Å². The fraction of sp³-hybridized carbons (Fsp3) is 0.364. The van der Waals surface area contributed by atoms with Gasteiger partial charge < -0.3 is 9.47 Å². The summed E-state index contributed by atoms with van der Waals surface area (Å²) in [5.41, 5.74) is 0. The summed E-state index contributed by atoms with van der Waals surface area (Å²) >= 11 is 0. The number of carbonyl (C=O) groups excluding carboxylic acids is 1. The van der Waals surface area contributed by atoms with Crippen molar-refractivity contribution in [2.24, 2.45) is 0 Å². The van der Waals surface area contributed by atoms with E-state index < -0.39 is 31.0 Å². The van der Waals surface area contributed by atoms with Crippen molar-refractivity contribution in [1.29, 1.82) is 0 Å². The summed E-state index contributed by atoms with van der Waals surface area (Å²) in [6.45, 7) is -2.08. The highest BCUT2D eigenvalue weighted by molar-refractivity contribution is 5.63. The predicted octanol–water partition coefficient (Wildman–Crippen LogP) is 3.74. The SMILES string of the molecule is O=C(OCC(F)(F)C(F)C(F)(F)F)Oc1ccccc1. The smallest absolute Gasteiger partial charge is 0.427 e. The number of hydrogen-bond donors (Lipinski definition) is 0. The zero-order valence-corrected chi connectivity index (χ0v) is 9.66. The van der Waals surface area contributed by atoms with Crippen LogP contribution >= 0.6 is 0 Å². The number of hydrogen-bond acceptors (Lipinski definition) is 3. The average molecular weight is 302 g/mol. The Balaban J connectivity index is 2.52. The van der Waals surface area contributed by atoms with E-state index in [0.717, 1.165) is 0 Å². The molecule has 0 radical (unpaired) electrons. The highest BCUT2D eigenvalue weighted by Crippen LogP contribution is 2.35. The van der Waals surface area contributed by atoms with E-state index in [1.165, 1.54) is 24.3 Å². The van der Waals surface area contributed by atoms with E-state index in [4.69, 9.17) is 0 Å². The quantitative estimate of drug-likeness (QED) is 0.483. The van der Waals surface area contributed by atoms with E-state index in [-0.39, 0.29) is 5.75 Å². The first-order valence-electron chi connectivity index (χ1n) is 5.11. The van der Waals surface area contributed by atoms with Gasteiger partial charge in [-0.15, -0.1) is 0 Å². The molecular weight excluding hydrogens is 294 g/mol. The maximum atomic E-state index is 12.8. The van der Waals surface area contributed by atoms with Gasteiger partial charge in [-0.25, -0.2) is 9.18 Å². The lowest BCUT2D eigenvalue weighted by Gasteiger charge is -2.21. The van der Waals surface area contributed by atoms with E-state index in [0.29, 0.717) is 0 Å².